The molecule has 1 amide bonds. The first-order valence-corrected chi connectivity index (χ1v) is 3.45. The number of hydroxylamine groups is 2. The van der Waals surface area contributed by atoms with E-state index in [1.54, 1.807) is 0 Å². The second-order valence-electron chi connectivity index (χ2n) is 3.11. The monoisotopic (exact) mass is 142 g/mol. The van der Waals surface area contributed by atoms with Crippen molar-refractivity contribution in [2.75, 3.05) is 19.6 Å². The summed E-state index contributed by atoms with van der Waals surface area (Å²) < 4.78 is 0. The molecule has 56 valence electrons. The first-order valence-electron chi connectivity index (χ1n) is 3.45. The average molecular weight is 142 g/mol. The lowest BCUT2D eigenvalue weighted by molar-refractivity contribution is -0.205. The van der Waals surface area contributed by atoms with E-state index in [2.05, 4.69) is 5.32 Å². The molecular formula is C6H10N2O2. The van der Waals surface area contributed by atoms with Crippen molar-refractivity contribution >= 4 is 5.91 Å². The van der Waals surface area contributed by atoms with Crippen LogP contribution in [0.25, 0.3) is 0 Å². The Bertz CT molecular complexity index is 175. The normalized spacial score (nSPS) is 30.3. The van der Waals surface area contributed by atoms with Crippen LogP contribution in [-0.4, -0.2) is 35.8 Å². The molecule has 2 aliphatic heterocycles. The maximum atomic E-state index is 11.1. The smallest absolute Gasteiger partial charge is 0.229 e. The van der Waals surface area contributed by atoms with E-state index < -0.39 is 0 Å². The first-order chi connectivity index (χ1) is 4.73. The molecule has 4 heteroatoms. The highest BCUT2D eigenvalue weighted by Crippen LogP contribution is 2.35. The van der Waals surface area contributed by atoms with Crippen LogP contribution in [0.1, 0.15) is 6.42 Å². The minimum absolute atomic E-state index is 0.109. The lowest BCUT2D eigenvalue weighted by atomic mass is 9.80. The fourth-order valence-corrected chi connectivity index (χ4v) is 1.67. The Labute approximate surface area is 58.8 Å². The van der Waals surface area contributed by atoms with Crippen LogP contribution in [0.5, 0.6) is 0 Å². The third-order valence-electron chi connectivity index (χ3n) is 2.34. The number of rotatable bonds is 0. The molecule has 0 bridgehead atoms. The van der Waals surface area contributed by atoms with E-state index in [0.29, 0.717) is 13.1 Å². The number of hydrogen-bond donors (Lipinski definition) is 2. The van der Waals surface area contributed by atoms with E-state index >= 15 is 0 Å². The largest absolute Gasteiger partial charge is 0.355 e. The van der Waals surface area contributed by atoms with Gasteiger partial charge in [-0.3, -0.25) is 4.79 Å². The zero-order valence-corrected chi connectivity index (χ0v) is 5.63. The third-order valence-corrected chi connectivity index (χ3v) is 2.34. The van der Waals surface area contributed by atoms with Crippen molar-refractivity contribution < 1.29 is 10.0 Å². The SMILES string of the molecule is O=C1NCCC12CN(O)C2. The van der Waals surface area contributed by atoms with Gasteiger partial charge in [0.15, 0.2) is 0 Å². The number of hydrogen-bond acceptors (Lipinski definition) is 3. The van der Waals surface area contributed by atoms with E-state index in [9.17, 15) is 4.79 Å². The number of carbonyl (C=O) groups is 1. The molecule has 0 aromatic heterocycles. The van der Waals surface area contributed by atoms with Gasteiger partial charge in [-0.05, 0) is 6.42 Å². The Morgan fingerprint density at radius 1 is 1.60 bits per heavy atom. The molecule has 2 fully saturated rings. The minimum atomic E-state index is -0.227. The average Bonchev–Trinajstić information content (AvgIpc) is 2.12. The van der Waals surface area contributed by atoms with Crippen LogP contribution in [0.4, 0.5) is 0 Å². The zero-order chi connectivity index (χ0) is 7.19. The van der Waals surface area contributed by atoms with Gasteiger partial charge in [0.05, 0.1) is 5.41 Å². The van der Waals surface area contributed by atoms with Crippen LogP contribution in [0.15, 0.2) is 0 Å². The summed E-state index contributed by atoms with van der Waals surface area (Å²) in [4.78, 5) is 11.1. The molecule has 0 atom stereocenters. The number of amides is 1. The molecule has 0 aromatic carbocycles. The summed E-state index contributed by atoms with van der Waals surface area (Å²) in [6.45, 7) is 1.80. The Kier molecular flexibility index (Phi) is 1.04. The Balaban J connectivity index is 2.10. The van der Waals surface area contributed by atoms with Crippen LogP contribution < -0.4 is 5.32 Å². The maximum absolute atomic E-state index is 11.1. The molecule has 0 saturated carbocycles. The second-order valence-corrected chi connectivity index (χ2v) is 3.11. The van der Waals surface area contributed by atoms with Gasteiger partial charge in [-0.1, -0.05) is 0 Å². The van der Waals surface area contributed by atoms with Crippen molar-refractivity contribution in [2.45, 2.75) is 6.42 Å². The Morgan fingerprint density at radius 3 is 2.70 bits per heavy atom. The minimum Gasteiger partial charge on any atom is -0.355 e. The van der Waals surface area contributed by atoms with E-state index in [-0.39, 0.29) is 11.3 Å². The van der Waals surface area contributed by atoms with Gasteiger partial charge < -0.3 is 10.5 Å². The Morgan fingerprint density at radius 2 is 2.30 bits per heavy atom. The van der Waals surface area contributed by atoms with Crippen molar-refractivity contribution in [1.82, 2.24) is 10.4 Å². The molecular weight excluding hydrogens is 132 g/mol. The van der Waals surface area contributed by atoms with Crippen molar-refractivity contribution in [3.05, 3.63) is 0 Å². The van der Waals surface area contributed by atoms with Gasteiger partial charge in [0, 0.05) is 19.6 Å². The van der Waals surface area contributed by atoms with Gasteiger partial charge in [0.2, 0.25) is 5.91 Å². The molecule has 4 nitrogen and oxygen atoms in total. The summed E-state index contributed by atoms with van der Waals surface area (Å²) in [7, 11) is 0. The molecule has 2 aliphatic rings. The molecule has 2 heterocycles. The first kappa shape index (κ1) is 6.12. The molecule has 10 heavy (non-hydrogen) atoms. The summed E-state index contributed by atoms with van der Waals surface area (Å²) in [5.41, 5.74) is -0.227. The molecule has 2 N–H and O–H groups in total. The molecule has 0 aromatic rings. The van der Waals surface area contributed by atoms with Gasteiger partial charge in [-0.15, -0.1) is 0 Å². The molecule has 1 spiro atoms. The molecule has 0 unspecified atom stereocenters. The predicted molar refractivity (Wildman–Crippen MR) is 33.4 cm³/mol. The fraction of sp³-hybridized carbons (Fsp3) is 0.833. The molecule has 0 aliphatic carbocycles. The quantitative estimate of drug-likeness (QED) is 0.465. The Hall–Kier alpha value is -0.610. The van der Waals surface area contributed by atoms with Crippen molar-refractivity contribution in [3.63, 3.8) is 0 Å². The van der Waals surface area contributed by atoms with Crippen LogP contribution in [-0.2, 0) is 4.79 Å². The van der Waals surface area contributed by atoms with Crippen molar-refractivity contribution in [3.8, 4) is 0 Å². The van der Waals surface area contributed by atoms with Crippen LogP contribution in [0, 0.1) is 5.41 Å². The van der Waals surface area contributed by atoms with Gasteiger partial charge in [0.25, 0.3) is 0 Å². The molecule has 2 rings (SSSR count). The zero-order valence-electron chi connectivity index (χ0n) is 5.63. The van der Waals surface area contributed by atoms with Gasteiger partial charge in [-0.2, -0.15) is 5.06 Å². The standard InChI is InChI=1S/C6H10N2O2/c9-5-6(1-2-7-5)3-8(10)4-6/h10H,1-4H2,(H,7,9). The maximum Gasteiger partial charge on any atom is 0.229 e. The number of carbonyl (C=O) groups excluding carboxylic acids is 1. The summed E-state index contributed by atoms with van der Waals surface area (Å²) >= 11 is 0. The van der Waals surface area contributed by atoms with E-state index in [1.807, 2.05) is 0 Å². The highest BCUT2D eigenvalue weighted by molar-refractivity contribution is 5.86. The highest BCUT2D eigenvalue weighted by Gasteiger charge is 2.51. The summed E-state index contributed by atoms with van der Waals surface area (Å²) in [5, 5.41) is 12.8. The lowest BCUT2D eigenvalue weighted by Gasteiger charge is -2.41. The molecule has 0 radical (unpaired) electrons. The summed E-state index contributed by atoms with van der Waals surface area (Å²) in [6.07, 6.45) is 0.878. The van der Waals surface area contributed by atoms with Gasteiger partial charge in [-0.25, -0.2) is 0 Å². The summed E-state index contributed by atoms with van der Waals surface area (Å²) in [6, 6.07) is 0. The number of nitrogens with one attached hydrogen (secondary N) is 1. The van der Waals surface area contributed by atoms with E-state index in [1.165, 1.54) is 5.06 Å². The lowest BCUT2D eigenvalue weighted by Crippen LogP contribution is -2.58. The fourth-order valence-electron chi connectivity index (χ4n) is 1.67. The van der Waals surface area contributed by atoms with Crippen LogP contribution in [0.3, 0.4) is 0 Å². The third kappa shape index (κ3) is 0.602. The van der Waals surface area contributed by atoms with E-state index in [4.69, 9.17) is 5.21 Å². The van der Waals surface area contributed by atoms with Gasteiger partial charge in [0.1, 0.15) is 0 Å². The van der Waals surface area contributed by atoms with Crippen molar-refractivity contribution in [1.29, 1.82) is 0 Å². The summed E-state index contributed by atoms with van der Waals surface area (Å²) in [5.74, 6) is 0.109. The van der Waals surface area contributed by atoms with E-state index in [0.717, 1.165) is 13.0 Å². The van der Waals surface area contributed by atoms with Crippen molar-refractivity contribution in [2.24, 2.45) is 5.41 Å². The predicted octanol–water partition coefficient (Wildman–Crippen LogP) is -0.803. The second kappa shape index (κ2) is 1.71. The molecule has 2 saturated heterocycles. The van der Waals surface area contributed by atoms with Crippen LogP contribution >= 0.6 is 0 Å². The van der Waals surface area contributed by atoms with Gasteiger partial charge >= 0.3 is 0 Å². The highest BCUT2D eigenvalue weighted by atomic mass is 16.5. The van der Waals surface area contributed by atoms with Crippen LogP contribution in [0.2, 0.25) is 0 Å². The number of nitrogens with zero attached hydrogens (tertiary/aromatic N) is 1. The topological polar surface area (TPSA) is 52.6 Å².